The van der Waals surface area contributed by atoms with Gasteiger partial charge < -0.3 is 10.2 Å². The molecule has 0 aliphatic carbocycles. The molecule has 0 bridgehead atoms. The molecule has 1 aromatic carbocycles. The molecule has 1 saturated heterocycles. The molecule has 1 aliphatic heterocycles. The Morgan fingerprint density at radius 3 is 2.52 bits per heavy atom. The second kappa shape index (κ2) is 8.78. The molecule has 1 heterocycles. The van der Waals surface area contributed by atoms with Crippen LogP contribution in [0, 0.1) is 5.92 Å². The van der Waals surface area contributed by atoms with Gasteiger partial charge in [0.15, 0.2) is 0 Å². The smallest absolute Gasteiger partial charge is 0.251 e. The Morgan fingerprint density at radius 1 is 1.20 bits per heavy atom. The molecule has 2 rings (SSSR count). The van der Waals surface area contributed by atoms with Gasteiger partial charge in [0.25, 0.3) is 5.91 Å². The lowest BCUT2D eigenvalue weighted by atomic mass is 10.1. The van der Waals surface area contributed by atoms with Gasteiger partial charge in [-0.25, -0.2) is 8.42 Å². The summed E-state index contributed by atoms with van der Waals surface area (Å²) in [7, 11) is -1.57. The van der Waals surface area contributed by atoms with Crippen LogP contribution in [0.1, 0.15) is 37.0 Å². The molecular formula is C18H29N3O3S. The highest BCUT2D eigenvalue weighted by molar-refractivity contribution is 7.89. The Kier molecular flexibility index (Phi) is 6.98. The number of sulfonamides is 1. The summed E-state index contributed by atoms with van der Waals surface area (Å²) in [5.41, 5.74) is 0.389. The zero-order chi connectivity index (χ0) is 18.4. The first kappa shape index (κ1) is 19.9. The first-order valence-electron chi connectivity index (χ1n) is 8.87. The Morgan fingerprint density at radius 2 is 1.88 bits per heavy atom. The zero-order valence-electron chi connectivity index (χ0n) is 15.4. The summed E-state index contributed by atoms with van der Waals surface area (Å²) in [5, 5.41) is 2.86. The number of amides is 1. The summed E-state index contributed by atoms with van der Waals surface area (Å²) in [5.74, 6) is 0.383. The summed E-state index contributed by atoms with van der Waals surface area (Å²) in [6, 6.07) is 6.32. The van der Waals surface area contributed by atoms with Gasteiger partial charge in [0, 0.05) is 38.3 Å². The molecule has 140 valence electrons. The molecule has 1 aliphatic rings. The average Bonchev–Trinajstić information content (AvgIpc) is 2.59. The fourth-order valence-corrected chi connectivity index (χ4v) is 4.26. The first-order valence-corrected chi connectivity index (χ1v) is 10.3. The van der Waals surface area contributed by atoms with Crippen molar-refractivity contribution in [3.63, 3.8) is 0 Å². The third kappa shape index (κ3) is 5.52. The van der Waals surface area contributed by atoms with Crippen LogP contribution < -0.4 is 5.32 Å². The Bertz CT molecular complexity index is 681. The molecule has 1 N–H and O–H groups in total. The Hall–Kier alpha value is -1.44. The van der Waals surface area contributed by atoms with E-state index in [1.165, 1.54) is 10.4 Å². The van der Waals surface area contributed by atoms with Crippen LogP contribution >= 0.6 is 0 Å². The van der Waals surface area contributed by atoms with E-state index in [9.17, 15) is 13.2 Å². The maximum atomic E-state index is 12.8. The quantitative estimate of drug-likeness (QED) is 0.746. The number of likely N-dealkylation sites (N-methyl/N-ethyl adjacent to an activating group) is 1. The van der Waals surface area contributed by atoms with Crippen molar-refractivity contribution in [1.29, 1.82) is 0 Å². The molecule has 7 heteroatoms. The van der Waals surface area contributed by atoms with Crippen LogP contribution in [-0.2, 0) is 10.0 Å². The highest BCUT2D eigenvalue weighted by Gasteiger charge is 2.27. The summed E-state index contributed by atoms with van der Waals surface area (Å²) in [4.78, 5) is 14.6. The summed E-state index contributed by atoms with van der Waals surface area (Å²) in [6.45, 7) is 7.29. The van der Waals surface area contributed by atoms with Gasteiger partial charge >= 0.3 is 0 Å². The number of carbonyl (C=O) groups excluding carboxylic acids is 1. The number of benzene rings is 1. The van der Waals surface area contributed by atoms with Gasteiger partial charge in [-0.3, -0.25) is 4.79 Å². The lowest BCUT2D eigenvalue weighted by molar-refractivity contribution is 0.0952. The van der Waals surface area contributed by atoms with Gasteiger partial charge in [0.1, 0.15) is 0 Å². The van der Waals surface area contributed by atoms with Gasteiger partial charge in [0.05, 0.1) is 4.90 Å². The minimum absolute atomic E-state index is 0.187. The molecule has 0 radical (unpaired) electrons. The van der Waals surface area contributed by atoms with E-state index in [1.54, 1.807) is 18.2 Å². The van der Waals surface area contributed by atoms with Crippen LogP contribution in [-0.4, -0.2) is 63.3 Å². The molecule has 1 aromatic rings. The molecule has 0 unspecified atom stereocenters. The van der Waals surface area contributed by atoms with Gasteiger partial charge in [-0.2, -0.15) is 4.31 Å². The third-order valence-corrected chi connectivity index (χ3v) is 6.33. The number of carbonyl (C=O) groups is 1. The topological polar surface area (TPSA) is 69.7 Å². The van der Waals surface area contributed by atoms with Crippen LogP contribution in [0.15, 0.2) is 29.2 Å². The molecule has 1 amide bonds. The van der Waals surface area contributed by atoms with Gasteiger partial charge in [0.2, 0.25) is 10.0 Å². The van der Waals surface area contributed by atoms with E-state index in [0.717, 1.165) is 25.9 Å². The molecule has 0 spiro atoms. The highest BCUT2D eigenvalue weighted by Crippen LogP contribution is 2.18. The van der Waals surface area contributed by atoms with Crippen LogP contribution in [0.25, 0.3) is 0 Å². The molecule has 25 heavy (non-hydrogen) atoms. The van der Waals surface area contributed by atoms with Gasteiger partial charge in [-0.05, 0) is 44.0 Å². The SMILES string of the molecule is CC(C)CCCNC(=O)c1cccc(S(=O)(=O)N2CCN(C)CC2)c1. The molecule has 0 atom stereocenters. The Balaban J connectivity index is 2.03. The maximum absolute atomic E-state index is 12.8. The fraction of sp³-hybridized carbons (Fsp3) is 0.611. The fourth-order valence-electron chi connectivity index (χ4n) is 2.79. The van der Waals surface area contributed by atoms with Crippen LogP contribution in [0.4, 0.5) is 0 Å². The second-order valence-corrected chi connectivity index (χ2v) is 8.97. The van der Waals surface area contributed by atoms with E-state index in [-0.39, 0.29) is 10.8 Å². The normalized spacial score (nSPS) is 17.0. The zero-order valence-corrected chi connectivity index (χ0v) is 16.2. The molecule has 0 aromatic heterocycles. The number of nitrogens with zero attached hydrogens (tertiary/aromatic N) is 2. The van der Waals surface area contributed by atoms with E-state index in [2.05, 4.69) is 24.1 Å². The lowest BCUT2D eigenvalue weighted by Crippen LogP contribution is -2.47. The minimum Gasteiger partial charge on any atom is -0.352 e. The molecule has 6 nitrogen and oxygen atoms in total. The minimum atomic E-state index is -3.55. The van der Waals surface area contributed by atoms with Crippen molar-refractivity contribution in [1.82, 2.24) is 14.5 Å². The van der Waals surface area contributed by atoms with E-state index < -0.39 is 10.0 Å². The number of hydrogen-bond acceptors (Lipinski definition) is 4. The number of hydrogen-bond donors (Lipinski definition) is 1. The van der Waals surface area contributed by atoms with E-state index in [4.69, 9.17) is 0 Å². The number of rotatable bonds is 7. The van der Waals surface area contributed by atoms with Crippen molar-refractivity contribution >= 4 is 15.9 Å². The van der Waals surface area contributed by atoms with Crippen LogP contribution in [0.3, 0.4) is 0 Å². The summed E-state index contributed by atoms with van der Waals surface area (Å²) >= 11 is 0. The molecule has 1 fully saturated rings. The van der Waals surface area contributed by atoms with Crippen molar-refractivity contribution in [3.8, 4) is 0 Å². The summed E-state index contributed by atoms with van der Waals surface area (Å²) in [6.07, 6.45) is 1.97. The molecule has 0 saturated carbocycles. The van der Waals surface area contributed by atoms with Crippen molar-refractivity contribution in [2.24, 2.45) is 5.92 Å². The van der Waals surface area contributed by atoms with Crippen molar-refractivity contribution in [3.05, 3.63) is 29.8 Å². The lowest BCUT2D eigenvalue weighted by Gasteiger charge is -2.31. The monoisotopic (exact) mass is 367 g/mol. The van der Waals surface area contributed by atoms with Crippen LogP contribution in [0.5, 0.6) is 0 Å². The third-order valence-electron chi connectivity index (χ3n) is 4.44. The van der Waals surface area contributed by atoms with Crippen molar-refractivity contribution in [2.45, 2.75) is 31.6 Å². The predicted octanol–water partition coefficient (Wildman–Crippen LogP) is 1.79. The first-order chi connectivity index (χ1) is 11.8. The summed E-state index contributed by atoms with van der Waals surface area (Å²) < 4.78 is 27.1. The average molecular weight is 368 g/mol. The Labute approximate surface area is 151 Å². The number of piperazine rings is 1. The highest BCUT2D eigenvalue weighted by atomic mass is 32.2. The molecular weight excluding hydrogens is 338 g/mol. The van der Waals surface area contributed by atoms with E-state index in [1.807, 2.05) is 7.05 Å². The van der Waals surface area contributed by atoms with Gasteiger partial charge in [-0.1, -0.05) is 19.9 Å². The van der Waals surface area contributed by atoms with E-state index in [0.29, 0.717) is 31.1 Å². The maximum Gasteiger partial charge on any atom is 0.251 e. The van der Waals surface area contributed by atoms with Crippen LogP contribution in [0.2, 0.25) is 0 Å². The second-order valence-electron chi connectivity index (χ2n) is 7.03. The number of nitrogens with one attached hydrogen (secondary N) is 1. The standard InChI is InChI=1S/C18H29N3O3S/c1-15(2)6-5-9-19-18(22)16-7-4-8-17(14-16)25(23,24)21-12-10-20(3)11-13-21/h4,7-8,14-15H,5-6,9-13H2,1-3H3,(H,19,22). The van der Waals surface area contributed by atoms with Crippen molar-refractivity contribution < 1.29 is 13.2 Å². The largest absolute Gasteiger partial charge is 0.352 e. The van der Waals surface area contributed by atoms with Gasteiger partial charge in [-0.15, -0.1) is 0 Å². The van der Waals surface area contributed by atoms with Crippen molar-refractivity contribution in [2.75, 3.05) is 39.8 Å². The van der Waals surface area contributed by atoms with E-state index >= 15 is 0 Å². The predicted molar refractivity (Wildman–Crippen MR) is 99.1 cm³/mol.